The molecule has 0 bridgehead atoms. The number of ether oxygens (including phenoxy) is 1. The Hall–Kier alpha value is -1.49. The van der Waals surface area contributed by atoms with E-state index in [1.165, 1.54) is 0 Å². The minimum atomic E-state index is 0.0538. The first-order chi connectivity index (χ1) is 11.1. The summed E-state index contributed by atoms with van der Waals surface area (Å²) >= 11 is 0. The second kappa shape index (κ2) is 6.32. The zero-order valence-corrected chi connectivity index (χ0v) is 13.6. The molecule has 0 amide bonds. The Morgan fingerprint density at radius 2 is 2.18 bits per heavy atom. The van der Waals surface area contributed by atoms with Crippen molar-refractivity contribution in [2.45, 2.75) is 59.0 Å². The van der Waals surface area contributed by atoms with E-state index in [4.69, 9.17) is 11.2 Å². The van der Waals surface area contributed by atoms with Crippen molar-refractivity contribution in [2.75, 3.05) is 6.61 Å². The van der Waals surface area contributed by atoms with Gasteiger partial charge in [-0.1, -0.05) is 13.3 Å². The van der Waals surface area contributed by atoms with Gasteiger partial charge < -0.3 is 9.85 Å². The molecule has 1 fully saturated rings. The summed E-state index contributed by atoms with van der Waals surface area (Å²) in [6.45, 7) is 6.54. The molecule has 0 spiro atoms. The highest BCUT2D eigenvalue weighted by Crippen LogP contribution is 2.44. The zero-order valence-electron chi connectivity index (χ0n) is 14.6. The van der Waals surface area contributed by atoms with Crippen LogP contribution < -0.4 is 4.74 Å². The predicted octanol–water partition coefficient (Wildman–Crippen LogP) is 3.14. The van der Waals surface area contributed by atoms with E-state index in [1.807, 2.05) is 13.8 Å². The SMILES string of the molecule is [3H]OCCC[C@H]1C[C@H](CCC)[C@H]2Oc3nc(C)nc(C)c3N=C12. The van der Waals surface area contributed by atoms with Crippen molar-refractivity contribution >= 4 is 11.4 Å². The Labute approximate surface area is 133 Å². The number of aryl methyl sites for hydroxylation is 2. The highest BCUT2D eigenvalue weighted by atomic mass is 16.5. The smallest absolute Gasteiger partial charge is 0.244 e. The van der Waals surface area contributed by atoms with Gasteiger partial charge in [0.05, 0.1) is 11.4 Å². The molecule has 0 unspecified atom stereocenters. The lowest BCUT2D eigenvalue weighted by atomic mass is 9.97. The Morgan fingerprint density at radius 1 is 1.32 bits per heavy atom. The monoisotopic (exact) mass is 305 g/mol. The third-order valence-electron chi connectivity index (χ3n) is 4.70. The van der Waals surface area contributed by atoms with Gasteiger partial charge in [-0.05, 0) is 39.5 Å². The summed E-state index contributed by atoms with van der Waals surface area (Å²) in [5.74, 6) is 2.29. The van der Waals surface area contributed by atoms with Crippen LogP contribution >= 0.6 is 0 Å². The molecule has 0 aromatic carbocycles. The number of nitrogens with zero attached hydrogens (tertiary/aromatic N) is 3. The molecular weight excluding hydrogens is 278 g/mol. The van der Waals surface area contributed by atoms with E-state index in [1.54, 1.807) is 0 Å². The van der Waals surface area contributed by atoms with Gasteiger partial charge in [0.25, 0.3) is 0 Å². The number of aliphatic imine (C=N–C) groups is 1. The van der Waals surface area contributed by atoms with Gasteiger partial charge in [-0.15, -0.1) is 0 Å². The predicted molar refractivity (Wildman–Crippen MR) is 85.8 cm³/mol. The molecule has 1 aromatic rings. The third-order valence-corrected chi connectivity index (χ3v) is 4.70. The van der Waals surface area contributed by atoms with Gasteiger partial charge >= 0.3 is 0 Å². The summed E-state index contributed by atoms with van der Waals surface area (Å²) in [4.78, 5) is 13.8. The molecule has 3 rings (SSSR count). The molecule has 2 heterocycles. The summed E-state index contributed by atoms with van der Waals surface area (Å²) < 4.78 is 13.1. The molecule has 0 radical (unpaired) electrons. The summed E-state index contributed by atoms with van der Waals surface area (Å²) in [5, 5.41) is 4.46. The normalized spacial score (nSPS) is 26.8. The molecule has 1 N–H and O–H groups in total. The van der Waals surface area contributed by atoms with Crippen molar-refractivity contribution in [3.63, 3.8) is 0 Å². The molecular formula is C17H25N3O2. The summed E-state index contributed by atoms with van der Waals surface area (Å²) in [7, 11) is 0. The fourth-order valence-corrected chi connectivity index (χ4v) is 3.77. The largest absolute Gasteiger partial charge is 0.466 e. The maximum absolute atomic E-state index is 6.84. The van der Waals surface area contributed by atoms with E-state index in [9.17, 15) is 0 Å². The van der Waals surface area contributed by atoms with Gasteiger partial charge in [-0.2, -0.15) is 4.98 Å². The Bertz CT molecular complexity index is 606. The molecule has 1 saturated carbocycles. The fourth-order valence-electron chi connectivity index (χ4n) is 3.77. The molecule has 3 atom stereocenters. The minimum Gasteiger partial charge on any atom is -0.466 e. The number of fused-ring (bicyclic) bond motifs is 2. The van der Waals surface area contributed by atoms with Crippen molar-refractivity contribution in [1.82, 2.24) is 9.97 Å². The maximum atomic E-state index is 6.84. The Morgan fingerprint density at radius 3 is 2.95 bits per heavy atom. The molecule has 2 aliphatic rings. The average Bonchev–Trinajstić information content (AvgIpc) is 2.84. The van der Waals surface area contributed by atoms with Gasteiger partial charge in [0.2, 0.25) is 7.31 Å². The minimum absolute atomic E-state index is 0.0538. The van der Waals surface area contributed by atoms with Crippen LogP contribution in [0.3, 0.4) is 0 Å². The van der Waals surface area contributed by atoms with Gasteiger partial charge in [0.1, 0.15) is 17.6 Å². The second-order valence-electron chi connectivity index (χ2n) is 6.41. The lowest BCUT2D eigenvalue weighted by molar-refractivity contribution is 0.187. The Balaban J connectivity index is 1.90. The summed E-state index contributed by atoms with van der Waals surface area (Å²) in [6, 6.07) is 0. The molecule has 5 heteroatoms. The number of rotatable bonds is 6. The number of hydrogen-bond acceptors (Lipinski definition) is 5. The molecule has 1 aromatic heterocycles. The number of hydrogen-bond donors (Lipinski definition) is 1. The topological polar surface area (TPSA) is 67.6 Å². The van der Waals surface area contributed by atoms with Gasteiger partial charge in [-0.3, -0.25) is 0 Å². The van der Waals surface area contributed by atoms with Crippen molar-refractivity contribution in [3.8, 4) is 5.88 Å². The van der Waals surface area contributed by atoms with Crippen LogP contribution in [0.5, 0.6) is 5.88 Å². The van der Waals surface area contributed by atoms with Crippen LogP contribution in [0.1, 0.15) is 50.5 Å². The molecule has 1 aliphatic heterocycles. The van der Waals surface area contributed by atoms with Crippen molar-refractivity contribution < 1.29 is 9.85 Å². The molecule has 1 aliphatic carbocycles. The number of aliphatic hydroxyl groups is 1. The number of aromatic nitrogens is 2. The highest BCUT2D eigenvalue weighted by molar-refractivity contribution is 5.97. The first-order valence-electron chi connectivity index (χ1n) is 8.73. The van der Waals surface area contributed by atoms with E-state index >= 15 is 0 Å². The quantitative estimate of drug-likeness (QED) is 0.820. The van der Waals surface area contributed by atoms with E-state index in [0.29, 0.717) is 24.3 Å². The van der Waals surface area contributed by atoms with Crippen LogP contribution in [0, 0.1) is 25.7 Å². The standard InChI is InChI=1S/C17H25N3O2/c1-4-6-13-9-12(7-5-8-21)15-16(13)22-17-14(20-15)10(2)18-11(3)19-17/h12-13,16,21H,4-9H2,1-3H3/t12-,13-,16+/m0/s1/i21T. The van der Waals surface area contributed by atoms with E-state index in [2.05, 4.69) is 22.0 Å². The zero-order chi connectivity index (χ0) is 16.4. The van der Waals surface area contributed by atoms with Gasteiger partial charge in [0.15, 0.2) is 0 Å². The second-order valence-corrected chi connectivity index (χ2v) is 6.41. The molecule has 22 heavy (non-hydrogen) atoms. The fraction of sp³-hybridized carbons (Fsp3) is 0.706. The molecule has 5 nitrogen and oxygen atoms in total. The molecule has 120 valence electrons. The van der Waals surface area contributed by atoms with Crippen molar-refractivity contribution in [1.29, 1.82) is 1.43 Å². The maximum Gasteiger partial charge on any atom is 0.244 e. The lowest BCUT2D eigenvalue weighted by Gasteiger charge is -2.26. The van der Waals surface area contributed by atoms with Crippen molar-refractivity contribution in [3.05, 3.63) is 11.5 Å². The van der Waals surface area contributed by atoms with Crippen LogP contribution in [0.4, 0.5) is 5.69 Å². The summed E-state index contributed by atoms with van der Waals surface area (Å²) in [6.07, 6.45) is 5.34. The average molecular weight is 305 g/mol. The highest BCUT2D eigenvalue weighted by Gasteiger charge is 2.43. The summed E-state index contributed by atoms with van der Waals surface area (Å²) in [5.41, 5.74) is 2.82. The van der Waals surface area contributed by atoms with Gasteiger partial charge in [0, 0.05) is 18.4 Å². The number of aliphatic hydroxyl groups excluding tert-OH is 1. The first-order valence-corrected chi connectivity index (χ1v) is 8.32. The van der Waals surface area contributed by atoms with E-state index < -0.39 is 0 Å². The van der Waals surface area contributed by atoms with Crippen LogP contribution in [0.25, 0.3) is 0 Å². The molecule has 0 saturated heterocycles. The lowest BCUT2D eigenvalue weighted by Crippen LogP contribution is -2.33. The van der Waals surface area contributed by atoms with Crippen molar-refractivity contribution in [2.24, 2.45) is 16.8 Å². The van der Waals surface area contributed by atoms with Gasteiger partial charge in [-0.25, -0.2) is 9.98 Å². The Kier molecular flexibility index (Phi) is 4.06. The van der Waals surface area contributed by atoms with Crippen LogP contribution in [0.2, 0.25) is 0 Å². The van der Waals surface area contributed by atoms with Crippen LogP contribution in [0.15, 0.2) is 4.99 Å². The third kappa shape index (κ3) is 2.74. The van der Waals surface area contributed by atoms with Crippen LogP contribution in [-0.4, -0.2) is 34.9 Å². The first kappa shape index (κ1) is 14.1. The van der Waals surface area contributed by atoms with E-state index in [-0.39, 0.29) is 6.10 Å². The van der Waals surface area contributed by atoms with Crippen LogP contribution in [-0.2, 0) is 0 Å². The van der Waals surface area contributed by atoms with E-state index in [0.717, 1.165) is 55.0 Å².